The van der Waals surface area contributed by atoms with Crippen LogP contribution in [-0.4, -0.2) is 23.0 Å². The van der Waals surface area contributed by atoms with Crippen molar-refractivity contribution >= 4 is 17.6 Å². The van der Waals surface area contributed by atoms with E-state index in [1.54, 1.807) is 36.7 Å². The van der Waals surface area contributed by atoms with E-state index in [9.17, 15) is 9.59 Å². The van der Waals surface area contributed by atoms with Crippen molar-refractivity contribution in [3.63, 3.8) is 0 Å². The first kappa shape index (κ1) is 15.0. The molecule has 23 heavy (non-hydrogen) atoms. The zero-order valence-electron chi connectivity index (χ0n) is 12.6. The standard InChI is InChI=1S/C17H18N4O2/c22-16(19-11-12-6-8-18-9-7-12)13-2-1-3-15(10-13)21-17(23)20-14-4-5-14/h1-3,6-10,14H,4-5,11H2,(H,19,22)(H2,20,21,23). The number of urea groups is 1. The van der Waals surface area contributed by atoms with Gasteiger partial charge in [0.2, 0.25) is 0 Å². The molecule has 1 heterocycles. The Bertz CT molecular complexity index is 699. The highest BCUT2D eigenvalue weighted by Crippen LogP contribution is 2.19. The van der Waals surface area contributed by atoms with Crippen LogP contribution in [0.15, 0.2) is 48.8 Å². The molecule has 1 aliphatic rings. The van der Waals surface area contributed by atoms with Gasteiger partial charge in [0, 0.05) is 36.2 Å². The molecule has 1 aromatic carbocycles. The Morgan fingerprint density at radius 2 is 1.91 bits per heavy atom. The molecule has 1 aliphatic carbocycles. The maximum atomic E-state index is 12.2. The van der Waals surface area contributed by atoms with Crippen molar-refractivity contribution in [1.29, 1.82) is 0 Å². The lowest BCUT2D eigenvalue weighted by atomic mass is 10.2. The van der Waals surface area contributed by atoms with E-state index < -0.39 is 0 Å². The van der Waals surface area contributed by atoms with E-state index >= 15 is 0 Å². The van der Waals surface area contributed by atoms with E-state index in [1.807, 2.05) is 12.1 Å². The average molecular weight is 310 g/mol. The molecule has 6 heteroatoms. The van der Waals surface area contributed by atoms with Crippen LogP contribution >= 0.6 is 0 Å². The molecule has 1 aromatic heterocycles. The Kier molecular flexibility index (Phi) is 4.52. The van der Waals surface area contributed by atoms with Gasteiger partial charge in [0.25, 0.3) is 5.91 Å². The summed E-state index contributed by atoms with van der Waals surface area (Å²) in [7, 11) is 0. The molecule has 0 unspecified atom stereocenters. The largest absolute Gasteiger partial charge is 0.348 e. The van der Waals surface area contributed by atoms with E-state index in [1.165, 1.54) is 0 Å². The molecule has 0 atom stereocenters. The van der Waals surface area contributed by atoms with Gasteiger partial charge in [0.1, 0.15) is 0 Å². The van der Waals surface area contributed by atoms with E-state index in [4.69, 9.17) is 0 Å². The minimum atomic E-state index is -0.234. The number of benzene rings is 1. The zero-order chi connectivity index (χ0) is 16.1. The summed E-state index contributed by atoms with van der Waals surface area (Å²) in [6.07, 6.45) is 5.44. The second-order valence-corrected chi connectivity index (χ2v) is 5.49. The maximum absolute atomic E-state index is 12.2. The Morgan fingerprint density at radius 3 is 2.65 bits per heavy atom. The Balaban J connectivity index is 1.57. The number of hydrogen-bond donors (Lipinski definition) is 3. The zero-order valence-corrected chi connectivity index (χ0v) is 12.6. The number of pyridine rings is 1. The van der Waals surface area contributed by atoms with E-state index in [2.05, 4.69) is 20.9 Å². The molecule has 3 N–H and O–H groups in total. The van der Waals surface area contributed by atoms with Crippen molar-refractivity contribution < 1.29 is 9.59 Å². The molecule has 3 amide bonds. The monoisotopic (exact) mass is 310 g/mol. The lowest BCUT2D eigenvalue weighted by molar-refractivity contribution is 0.0951. The summed E-state index contributed by atoms with van der Waals surface area (Å²) in [4.78, 5) is 27.9. The number of carbonyl (C=O) groups excluding carboxylic acids is 2. The van der Waals surface area contributed by atoms with E-state index in [0.29, 0.717) is 23.8 Å². The third-order valence-corrected chi connectivity index (χ3v) is 3.50. The van der Waals surface area contributed by atoms with Crippen LogP contribution in [0.25, 0.3) is 0 Å². The van der Waals surface area contributed by atoms with Crippen LogP contribution in [0.3, 0.4) is 0 Å². The molecular weight excluding hydrogens is 292 g/mol. The van der Waals surface area contributed by atoms with Crippen LogP contribution in [0.4, 0.5) is 10.5 Å². The van der Waals surface area contributed by atoms with E-state index in [0.717, 1.165) is 18.4 Å². The van der Waals surface area contributed by atoms with Crippen LogP contribution in [0.2, 0.25) is 0 Å². The highest BCUT2D eigenvalue weighted by atomic mass is 16.2. The summed E-state index contributed by atoms with van der Waals surface area (Å²) in [5.74, 6) is -0.187. The quantitative estimate of drug-likeness (QED) is 0.792. The summed E-state index contributed by atoms with van der Waals surface area (Å²) >= 11 is 0. The first-order valence-electron chi connectivity index (χ1n) is 7.55. The number of aromatic nitrogens is 1. The summed E-state index contributed by atoms with van der Waals surface area (Å²) in [5.41, 5.74) is 2.08. The predicted molar refractivity (Wildman–Crippen MR) is 87.0 cm³/mol. The molecule has 0 bridgehead atoms. The van der Waals surface area contributed by atoms with Crippen LogP contribution in [0.1, 0.15) is 28.8 Å². The minimum absolute atomic E-state index is 0.187. The van der Waals surface area contributed by atoms with Crippen LogP contribution in [0, 0.1) is 0 Å². The van der Waals surface area contributed by atoms with Crippen molar-refractivity contribution in [3.05, 3.63) is 59.9 Å². The topological polar surface area (TPSA) is 83.1 Å². The number of rotatable bonds is 5. The average Bonchev–Trinajstić information content (AvgIpc) is 3.37. The highest BCUT2D eigenvalue weighted by molar-refractivity contribution is 5.96. The fourth-order valence-electron chi connectivity index (χ4n) is 2.10. The number of anilines is 1. The number of carbonyl (C=O) groups is 2. The number of nitrogens with zero attached hydrogens (tertiary/aromatic N) is 1. The third-order valence-electron chi connectivity index (χ3n) is 3.50. The van der Waals surface area contributed by atoms with Crippen molar-refractivity contribution in [2.75, 3.05) is 5.32 Å². The maximum Gasteiger partial charge on any atom is 0.319 e. The van der Waals surface area contributed by atoms with Gasteiger partial charge in [0.05, 0.1) is 0 Å². The van der Waals surface area contributed by atoms with Crippen LogP contribution < -0.4 is 16.0 Å². The second kappa shape index (κ2) is 6.91. The Hall–Kier alpha value is -2.89. The number of nitrogens with one attached hydrogen (secondary N) is 3. The fraction of sp³-hybridized carbons (Fsp3) is 0.235. The van der Waals surface area contributed by atoms with Gasteiger partial charge in [-0.05, 0) is 48.7 Å². The molecule has 1 fully saturated rings. The summed E-state index contributed by atoms with van der Waals surface area (Å²) in [6.45, 7) is 0.432. The van der Waals surface area contributed by atoms with Gasteiger partial charge in [-0.15, -0.1) is 0 Å². The summed E-state index contributed by atoms with van der Waals surface area (Å²) in [6, 6.07) is 10.6. The van der Waals surface area contributed by atoms with E-state index in [-0.39, 0.29) is 11.9 Å². The number of amides is 3. The SMILES string of the molecule is O=C(Nc1cccc(C(=O)NCc2ccncc2)c1)NC1CC1. The molecular formula is C17H18N4O2. The first-order valence-corrected chi connectivity index (χ1v) is 7.55. The van der Waals surface area contributed by atoms with Crippen molar-refractivity contribution in [3.8, 4) is 0 Å². The second-order valence-electron chi connectivity index (χ2n) is 5.49. The normalized spacial score (nSPS) is 13.2. The van der Waals surface area contributed by atoms with Gasteiger partial charge < -0.3 is 16.0 Å². The van der Waals surface area contributed by atoms with Crippen molar-refractivity contribution in [2.24, 2.45) is 0 Å². The van der Waals surface area contributed by atoms with Gasteiger partial charge >= 0.3 is 6.03 Å². The smallest absolute Gasteiger partial charge is 0.319 e. The third kappa shape index (κ3) is 4.54. The van der Waals surface area contributed by atoms with Gasteiger partial charge in [-0.1, -0.05) is 6.07 Å². The molecule has 0 spiro atoms. The van der Waals surface area contributed by atoms with Crippen molar-refractivity contribution in [1.82, 2.24) is 15.6 Å². The predicted octanol–water partition coefficient (Wildman–Crippen LogP) is 2.30. The van der Waals surface area contributed by atoms with Gasteiger partial charge in [-0.25, -0.2) is 4.79 Å². The van der Waals surface area contributed by atoms with Gasteiger partial charge in [-0.2, -0.15) is 0 Å². The number of hydrogen-bond acceptors (Lipinski definition) is 3. The highest BCUT2D eigenvalue weighted by Gasteiger charge is 2.23. The molecule has 1 saturated carbocycles. The Labute approximate surface area is 134 Å². The summed E-state index contributed by atoms with van der Waals surface area (Å²) < 4.78 is 0. The molecule has 0 radical (unpaired) electrons. The lowest BCUT2D eigenvalue weighted by Gasteiger charge is -2.09. The van der Waals surface area contributed by atoms with Crippen LogP contribution in [0.5, 0.6) is 0 Å². The Morgan fingerprint density at radius 1 is 1.13 bits per heavy atom. The molecule has 0 aliphatic heterocycles. The van der Waals surface area contributed by atoms with Crippen molar-refractivity contribution in [2.45, 2.75) is 25.4 Å². The van der Waals surface area contributed by atoms with Gasteiger partial charge in [-0.3, -0.25) is 9.78 Å². The van der Waals surface area contributed by atoms with Gasteiger partial charge in [0.15, 0.2) is 0 Å². The molecule has 6 nitrogen and oxygen atoms in total. The minimum Gasteiger partial charge on any atom is -0.348 e. The fourth-order valence-corrected chi connectivity index (χ4v) is 2.10. The molecule has 3 rings (SSSR count). The van der Waals surface area contributed by atoms with Crippen LogP contribution in [-0.2, 0) is 6.54 Å². The first-order chi connectivity index (χ1) is 11.2. The summed E-state index contributed by atoms with van der Waals surface area (Å²) in [5, 5.41) is 8.43. The molecule has 2 aromatic rings. The molecule has 0 saturated heterocycles. The lowest BCUT2D eigenvalue weighted by Crippen LogP contribution is -2.30. The molecule has 118 valence electrons.